The van der Waals surface area contributed by atoms with Gasteiger partial charge in [-0.25, -0.2) is 9.97 Å². The highest BCUT2D eigenvalue weighted by Crippen LogP contribution is 2.27. The monoisotopic (exact) mass is 245 g/mol. The van der Waals surface area contributed by atoms with E-state index < -0.39 is 0 Å². The Hall–Kier alpha value is -1.82. The van der Waals surface area contributed by atoms with Gasteiger partial charge in [0.15, 0.2) is 0 Å². The quantitative estimate of drug-likeness (QED) is 0.856. The largest absolute Gasteiger partial charge is 0.337 e. The van der Waals surface area contributed by atoms with Crippen LogP contribution in [0.3, 0.4) is 0 Å². The summed E-state index contributed by atoms with van der Waals surface area (Å²) in [6.45, 7) is 3.57. The summed E-state index contributed by atoms with van der Waals surface area (Å²) in [6.07, 6.45) is 6.14. The van der Waals surface area contributed by atoms with Gasteiger partial charge in [0.25, 0.3) is 0 Å². The normalized spacial score (nSPS) is 14.9. The van der Waals surface area contributed by atoms with Crippen LogP contribution in [0.4, 0.5) is 0 Å². The molecule has 0 aliphatic heterocycles. The van der Waals surface area contributed by atoms with Crippen LogP contribution in [0.15, 0.2) is 16.9 Å². The maximum atomic E-state index is 5.15. The molecular weight excluding hydrogens is 230 g/mol. The molecule has 0 aromatic carbocycles. The second-order valence-corrected chi connectivity index (χ2v) is 4.67. The zero-order valence-corrected chi connectivity index (χ0v) is 10.3. The molecule has 6 nitrogen and oxygen atoms in total. The molecule has 1 aliphatic rings. The van der Waals surface area contributed by atoms with Crippen LogP contribution in [-0.2, 0) is 6.54 Å². The van der Waals surface area contributed by atoms with Crippen molar-refractivity contribution in [1.82, 2.24) is 25.4 Å². The molecule has 18 heavy (non-hydrogen) atoms. The van der Waals surface area contributed by atoms with Gasteiger partial charge in [-0.3, -0.25) is 0 Å². The lowest BCUT2D eigenvalue weighted by molar-refractivity contribution is 0.366. The van der Waals surface area contributed by atoms with E-state index in [4.69, 9.17) is 4.52 Å². The Balaban J connectivity index is 1.62. The summed E-state index contributed by atoms with van der Waals surface area (Å²) in [6, 6.07) is 0. The Morgan fingerprint density at radius 2 is 2.06 bits per heavy atom. The lowest BCUT2D eigenvalue weighted by Gasteiger charge is -1.97. The molecule has 6 heteroatoms. The summed E-state index contributed by atoms with van der Waals surface area (Å²) in [7, 11) is 0. The molecule has 0 amide bonds. The molecule has 94 valence electrons. The SMILES string of the molecule is Cc1cnc(-c2noc(CNCC3CC3)n2)nc1. The van der Waals surface area contributed by atoms with Gasteiger partial charge in [-0.15, -0.1) is 0 Å². The molecule has 0 atom stereocenters. The van der Waals surface area contributed by atoms with Gasteiger partial charge in [0.05, 0.1) is 6.54 Å². The molecule has 2 heterocycles. The molecule has 0 spiro atoms. The van der Waals surface area contributed by atoms with Crippen molar-refractivity contribution in [2.45, 2.75) is 26.3 Å². The first-order valence-corrected chi connectivity index (χ1v) is 6.13. The third-order valence-corrected chi connectivity index (χ3v) is 2.86. The predicted molar refractivity (Wildman–Crippen MR) is 64.5 cm³/mol. The fourth-order valence-electron chi connectivity index (χ4n) is 1.63. The molecule has 2 aromatic heterocycles. The first kappa shape index (κ1) is 11.3. The molecule has 0 bridgehead atoms. The number of nitrogens with zero attached hydrogens (tertiary/aromatic N) is 4. The van der Waals surface area contributed by atoms with Crippen molar-refractivity contribution in [2.75, 3.05) is 6.54 Å². The van der Waals surface area contributed by atoms with E-state index in [2.05, 4.69) is 25.4 Å². The van der Waals surface area contributed by atoms with Crippen LogP contribution in [0, 0.1) is 12.8 Å². The van der Waals surface area contributed by atoms with E-state index in [1.165, 1.54) is 12.8 Å². The highest BCUT2D eigenvalue weighted by atomic mass is 16.5. The van der Waals surface area contributed by atoms with E-state index in [0.29, 0.717) is 24.1 Å². The molecule has 0 saturated heterocycles. The Bertz CT molecular complexity index is 518. The van der Waals surface area contributed by atoms with Gasteiger partial charge in [0.1, 0.15) is 0 Å². The Labute approximate surface area is 105 Å². The molecule has 0 unspecified atom stereocenters. The minimum atomic E-state index is 0.443. The van der Waals surface area contributed by atoms with Gasteiger partial charge < -0.3 is 9.84 Å². The Kier molecular flexibility index (Phi) is 3.02. The van der Waals surface area contributed by atoms with Crippen LogP contribution in [-0.4, -0.2) is 26.7 Å². The molecular formula is C12H15N5O. The van der Waals surface area contributed by atoms with Gasteiger partial charge in [-0.2, -0.15) is 4.98 Å². The Morgan fingerprint density at radius 3 is 2.78 bits per heavy atom. The highest BCUT2D eigenvalue weighted by molar-refractivity contribution is 5.40. The van der Waals surface area contributed by atoms with Gasteiger partial charge in [0.2, 0.25) is 17.5 Å². The molecule has 1 N–H and O–H groups in total. The lowest BCUT2D eigenvalue weighted by atomic mass is 10.4. The molecule has 1 aliphatic carbocycles. The molecule has 3 rings (SSSR count). The van der Waals surface area contributed by atoms with Gasteiger partial charge in [-0.1, -0.05) is 5.16 Å². The number of hydrogen-bond acceptors (Lipinski definition) is 6. The van der Waals surface area contributed by atoms with Crippen LogP contribution in [0.5, 0.6) is 0 Å². The number of nitrogens with one attached hydrogen (secondary N) is 1. The van der Waals surface area contributed by atoms with Crippen molar-refractivity contribution in [3.8, 4) is 11.6 Å². The van der Waals surface area contributed by atoms with E-state index in [1.807, 2.05) is 6.92 Å². The molecule has 1 saturated carbocycles. The summed E-state index contributed by atoms with van der Waals surface area (Å²) < 4.78 is 5.15. The first-order chi connectivity index (χ1) is 8.81. The van der Waals surface area contributed by atoms with Crippen molar-refractivity contribution < 1.29 is 4.52 Å². The van der Waals surface area contributed by atoms with Crippen LogP contribution >= 0.6 is 0 Å². The van der Waals surface area contributed by atoms with Crippen LogP contribution in [0.1, 0.15) is 24.3 Å². The third kappa shape index (κ3) is 2.70. The van der Waals surface area contributed by atoms with Crippen molar-refractivity contribution in [2.24, 2.45) is 5.92 Å². The van der Waals surface area contributed by atoms with E-state index >= 15 is 0 Å². The first-order valence-electron chi connectivity index (χ1n) is 6.13. The summed E-state index contributed by atoms with van der Waals surface area (Å²) in [5.41, 5.74) is 1.01. The molecule has 1 fully saturated rings. The van der Waals surface area contributed by atoms with Crippen molar-refractivity contribution in [3.63, 3.8) is 0 Å². The van der Waals surface area contributed by atoms with Crippen molar-refractivity contribution >= 4 is 0 Å². The summed E-state index contributed by atoms with van der Waals surface area (Å²) in [5, 5.41) is 7.18. The fraction of sp³-hybridized carbons (Fsp3) is 0.500. The van der Waals surface area contributed by atoms with Crippen LogP contribution in [0.25, 0.3) is 11.6 Å². The number of aromatic nitrogens is 4. The summed E-state index contributed by atoms with van der Waals surface area (Å²) in [5.74, 6) is 2.36. The van der Waals surface area contributed by atoms with Crippen LogP contribution < -0.4 is 5.32 Å². The number of hydrogen-bond donors (Lipinski definition) is 1. The second-order valence-electron chi connectivity index (χ2n) is 4.67. The topological polar surface area (TPSA) is 76.7 Å². The van der Waals surface area contributed by atoms with Gasteiger partial charge >= 0.3 is 0 Å². The zero-order chi connectivity index (χ0) is 12.4. The second kappa shape index (κ2) is 4.81. The van der Waals surface area contributed by atoms with E-state index in [0.717, 1.165) is 18.0 Å². The van der Waals surface area contributed by atoms with Crippen molar-refractivity contribution in [3.05, 3.63) is 23.8 Å². The third-order valence-electron chi connectivity index (χ3n) is 2.86. The minimum absolute atomic E-state index is 0.443. The number of rotatable bonds is 5. The van der Waals surface area contributed by atoms with Crippen molar-refractivity contribution in [1.29, 1.82) is 0 Å². The maximum absolute atomic E-state index is 5.15. The maximum Gasteiger partial charge on any atom is 0.241 e. The van der Waals surface area contributed by atoms with E-state index in [9.17, 15) is 0 Å². The number of aryl methyl sites for hydroxylation is 1. The molecule has 0 radical (unpaired) electrons. The summed E-state index contributed by atoms with van der Waals surface area (Å²) in [4.78, 5) is 12.6. The average molecular weight is 245 g/mol. The van der Waals surface area contributed by atoms with E-state index in [-0.39, 0.29) is 0 Å². The predicted octanol–water partition coefficient (Wildman–Crippen LogP) is 1.33. The van der Waals surface area contributed by atoms with E-state index in [1.54, 1.807) is 12.4 Å². The zero-order valence-electron chi connectivity index (χ0n) is 10.3. The smallest absolute Gasteiger partial charge is 0.241 e. The Morgan fingerprint density at radius 1 is 1.28 bits per heavy atom. The fourth-order valence-corrected chi connectivity index (χ4v) is 1.63. The van der Waals surface area contributed by atoms with Gasteiger partial charge in [0, 0.05) is 12.4 Å². The standard InChI is InChI=1S/C12H15N5O/c1-8-4-14-11(15-5-8)12-16-10(18-17-12)7-13-6-9-2-3-9/h4-5,9,13H,2-3,6-7H2,1H3. The summed E-state index contributed by atoms with van der Waals surface area (Å²) >= 11 is 0. The average Bonchev–Trinajstić information content (AvgIpc) is 3.08. The lowest BCUT2D eigenvalue weighted by Crippen LogP contribution is -2.16. The minimum Gasteiger partial charge on any atom is -0.337 e. The molecule has 2 aromatic rings. The highest BCUT2D eigenvalue weighted by Gasteiger charge is 2.20. The van der Waals surface area contributed by atoms with Crippen LogP contribution in [0.2, 0.25) is 0 Å². The van der Waals surface area contributed by atoms with Gasteiger partial charge in [-0.05, 0) is 37.8 Å².